The first-order valence-electron chi connectivity index (χ1n) is 8.90. The molecule has 7 nitrogen and oxygen atoms in total. The van der Waals surface area contributed by atoms with Crippen LogP contribution >= 0.6 is 0 Å². The summed E-state index contributed by atoms with van der Waals surface area (Å²) in [5.74, 6) is 0.422. The van der Waals surface area contributed by atoms with Crippen LogP contribution in [-0.2, 0) is 4.79 Å². The Hall–Kier alpha value is -3.61. The molecule has 0 unspecified atom stereocenters. The molecule has 0 atom stereocenters. The maximum Gasteiger partial charge on any atom is 0.259 e. The lowest BCUT2D eigenvalue weighted by molar-refractivity contribution is -0.119. The van der Waals surface area contributed by atoms with Gasteiger partial charge in [0.25, 0.3) is 5.91 Å². The van der Waals surface area contributed by atoms with E-state index in [0.717, 1.165) is 28.3 Å². The number of hydrogen-bond acceptors (Lipinski definition) is 5. The molecule has 0 bridgehead atoms. The van der Waals surface area contributed by atoms with Crippen molar-refractivity contribution in [3.05, 3.63) is 71.5 Å². The number of para-hydroxylation sites is 3. The molecule has 2 aromatic carbocycles. The number of hydrogen-bond donors (Lipinski definition) is 2. The second-order valence-corrected chi connectivity index (χ2v) is 6.18. The van der Waals surface area contributed by atoms with Gasteiger partial charge in [0, 0.05) is 5.56 Å². The molecule has 3 rings (SSSR count). The van der Waals surface area contributed by atoms with Crippen molar-refractivity contribution in [2.24, 2.45) is 5.10 Å². The summed E-state index contributed by atoms with van der Waals surface area (Å²) in [6.07, 6.45) is 1.62. The number of ether oxygens (including phenoxy) is 1. The molecular weight excluding hydrogens is 354 g/mol. The predicted molar refractivity (Wildman–Crippen MR) is 110 cm³/mol. The molecular formula is C21H23N5O2. The Balaban J connectivity index is 1.62. The minimum Gasteiger partial charge on any atom is -0.495 e. The second-order valence-electron chi connectivity index (χ2n) is 6.18. The summed E-state index contributed by atoms with van der Waals surface area (Å²) >= 11 is 0. The van der Waals surface area contributed by atoms with Crippen molar-refractivity contribution >= 4 is 17.8 Å². The number of amides is 1. The first kappa shape index (κ1) is 19.2. The zero-order valence-corrected chi connectivity index (χ0v) is 16.1. The number of anilines is 1. The van der Waals surface area contributed by atoms with Gasteiger partial charge in [0.15, 0.2) is 0 Å². The van der Waals surface area contributed by atoms with E-state index >= 15 is 0 Å². The lowest BCUT2D eigenvalue weighted by Gasteiger charge is -2.09. The molecule has 0 fully saturated rings. The van der Waals surface area contributed by atoms with Gasteiger partial charge in [-0.2, -0.15) is 10.2 Å². The average molecular weight is 377 g/mol. The van der Waals surface area contributed by atoms with Crippen molar-refractivity contribution < 1.29 is 9.53 Å². The van der Waals surface area contributed by atoms with Gasteiger partial charge < -0.3 is 10.1 Å². The fourth-order valence-electron chi connectivity index (χ4n) is 2.84. The van der Waals surface area contributed by atoms with Crippen LogP contribution in [0.5, 0.6) is 5.75 Å². The van der Waals surface area contributed by atoms with Crippen molar-refractivity contribution in [2.75, 3.05) is 19.0 Å². The molecule has 1 heterocycles. The van der Waals surface area contributed by atoms with Crippen LogP contribution < -0.4 is 15.5 Å². The van der Waals surface area contributed by atoms with Gasteiger partial charge in [-0.15, -0.1) is 0 Å². The maximum atomic E-state index is 12.1. The van der Waals surface area contributed by atoms with Crippen molar-refractivity contribution in [1.29, 1.82) is 0 Å². The number of nitrogens with one attached hydrogen (secondary N) is 2. The average Bonchev–Trinajstić information content (AvgIpc) is 3.01. The number of aromatic nitrogens is 2. The number of carbonyl (C=O) groups excluding carboxylic acids is 1. The van der Waals surface area contributed by atoms with Crippen LogP contribution in [0.2, 0.25) is 0 Å². The van der Waals surface area contributed by atoms with Gasteiger partial charge in [0.05, 0.1) is 42.6 Å². The van der Waals surface area contributed by atoms with E-state index in [1.807, 2.05) is 73.1 Å². The normalized spacial score (nSPS) is 10.8. The Morgan fingerprint density at radius 3 is 2.61 bits per heavy atom. The molecule has 3 aromatic rings. The fraction of sp³-hybridized carbons (Fsp3) is 0.190. The van der Waals surface area contributed by atoms with Gasteiger partial charge >= 0.3 is 0 Å². The van der Waals surface area contributed by atoms with Gasteiger partial charge in [0.2, 0.25) is 0 Å². The van der Waals surface area contributed by atoms with E-state index in [9.17, 15) is 4.79 Å². The summed E-state index contributed by atoms with van der Waals surface area (Å²) in [5, 5.41) is 11.7. The quantitative estimate of drug-likeness (QED) is 0.490. The molecule has 0 saturated heterocycles. The van der Waals surface area contributed by atoms with E-state index in [1.165, 1.54) is 0 Å². The van der Waals surface area contributed by atoms with Crippen molar-refractivity contribution in [3.63, 3.8) is 0 Å². The van der Waals surface area contributed by atoms with Gasteiger partial charge in [-0.05, 0) is 38.1 Å². The highest BCUT2D eigenvalue weighted by molar-refractivity contribution is 5.86. The van der Waals surface area contributed by atoms with Crippen LogP contribution in [-0.4, -0.2) is 35.6 Å². The summed E-state index contributed by atoms with van der Waals surface area (Å²) in [5.41, 5.74) is 6.93. The molecule has 0 spiro atoms. The van der Waals surface area contributed by atoms with Crippen LogP contribution in [0.4, 0.5) is 5.69 Å². The van der Waals surface area contributed by atoms with Gasteiger partial charge in [-0.1, -0.05) is 30.3 Å². The van der Waals surface area contributed by atoms with E-state index in [2.05, 4.69) is 20.9 Å². The van der Waals surface area contributed by atoms with E-state index in [-0.39, 0.29) is 12.5 Å². The fourth-order valence-corrected chi connectivity index (χ4v) is 2.84. The van der Waals surface area contributed by atoms with Crippen LogP contribution in [0.3, 0.4) is 0 Å². The van der Waals surface area contributed by atoms with Crippen molar-refractivity contribution in [3.8, 4) is 11.4 Å². The minimum absolute atomic E-state index is 0.0823. The first-order valence-corrected chi connectivity index (χ1v) is 8.90. The number of aryl methyl sites for hydroxylation is 1. The number of hydrazone groups is 1. The number of methoxy groups -OCH3 is 1. The van der Waals surface area contributed by atoms with Crippen LogP contribution in [0, 0.1) is 13.8 Å². The summed E-state index contributed by atoms with van der Waals surface area (Å²) in [6, 6.07) is 17.3. The highest BCUT2D eigenvalue weighted by Gasteiger charge is 2.11. The van der Waals surface area contributed by atoms with Gasteiger partial charge in [-0.3, -0.25) is 4.79 Å². The van der Waals surface area contributed by atoms with E-state index in [4.69, 9.17) is 4.74 Å². The minimum atomic E-state index is -0.257. The molecule has 28 heavy (non-hydrogen) atoms. The molecule has 2 N–H and O–H groups in total. The Morgan fingerprint density at radius 1 is 1.14 bits per heavy atom. The van der Waals surface area contributed by atoms with Gasteiger partial charge in [0.1, 0.15) is 5.75 Å². The summed E-state index contributed by atoms with van der Waals surface area (Å²) in [6.45, 7) is 3.97. The standard InChI is InChI=1S/C21H23N5O2/c1-15-18(16(2)26(25-15)17-9-5-4-6-10-17)13-23-24-21(27)14-22-19-11-7-8-12-20(19)28-3/h4-13,22H,14H2,1-3H3,(H,24,27)/b23-13+. The molecule has 0 aliphatic rings. The monoisotopic (exact) mass is 377 g/mol. The molecule has 1 aromatic heterocycles. The van der Waals surface area contributed by atoms with E-state index < -0.39 is 0 Å². The SMILES string of the molecule is COc1ccccc1NCC(=O)N/N=C/c1c(C)nn(-c2ccccc2)c1C. The Labute approximate surface area is 164 Å². The lowest BCUT2D eigenvalue weighted by Crippen LogP contribution is -2.26. The zero-order valence-electron chi connectivity index (χ0n) is 16.1. The third-order valence-corrected chi connectivity index (χ3v) is 4.28. The lowest BCUT2D eigenvalue weighted by atomic mass is 10.2. The van der Waals surface area contributed by atoms with E-state index in [0.29, 0.717) is 5.75 Å². The number of benzene rings is 2. The third kappa shape index (κ3) is 4.37. The summed E-state index contributed by atoms with van der Waals surface area (Å²) in [4.78, 5) is 12.1. The van der Waals surface area contributed by atoms with Crippen molar-refractivity contribution in [1.82, 2.24) is 15.2 Å². The largest absolute Gasteiger partial charge is 0.495 e. The van der Waals surface area contributed by atoms with Gasteiger partial charge in [-0.25, -0.2) is 10.1 Å². The number of carbonyl (C=O) groups is 1. The molecule has 0 radical (unpaired) electrons. The number of rotatable bonds is 7. The zero-order chi connectivity index (χ0) is 19.9. The van der Waals surface area contributed by atoms with Crippen LogP contribution in [0.25, 0.3) is 5.69 Å². The summed E-state index contributed by atoms with van der Waals surface area (Å²) in [7, 11) is 1.59. The van der Waals surface area contributed by atoms with Crippen molar-refractivity contribution in [2.45, 2.75) is 13.8 Å². The molecule has 7 heteroatoms. The highest BCUT2D eigenvalue weighted by atomic mass is 16.5. The van der Waals surface area contributed by atoms with Crippen LogP contribution in [0.15, 0.2) is 59.7 Å². The van der Waals surface area contributed by atoms with E-state index in [1.54, 1.807) is 13.3 Å². The molecule has 1 amide bonds. The molecule has 144 valence electrons. The Morgan fingerprint density at radius 2 is 1.86 bits per heavy atom. The molecule has 0 saturated carbocycles. The van der Waals surface area contributed by atoms with Crippen LogP contribution in [0.1, 0.15) is 17.0 Å². The molecule has 0 aliphatic carbocycles. The highest BCUT2D eigenvalue weighted by Crippen LogP contribution is 2.22. The smallest absolute Gasteiger partial charge is 0.259 e. The first-order chi connectivity index (χ1) is 13.6. The number of nitrogens with zero attached hydrogens (tertiary/aromatic N) is 3. The summed E-state index contributed by atoms with van der Waals surface area (Å²) < 4.78 is 7.11. The Kier molecular flexibility index (Phi) is 6.06. The topological polar surface area (TPSA) is 80.5 Å². The second kappa shape index (κ2) is 8.85. The predicted octanol–water partition coefficient (Wildman–Crippen LogP) is 3.06. The maximum absolute atomic E-state index is 12.1. The molecule has 0 aliphatic heterocycles. The third-order valence-electron chi connectivity index (χ3n) is 4.28. The Bertz CT molecular complexity index is 980.